The van der Waals surface area contributed by atoms with Crippen LogP contribution >= 0.6 is 35.2 Å². The lowest BCUT2D eigenvalue weighted by Crippen LogP contribution is -2.43. The third kappa shape index (κ3) is 26.7. The molecule has 0 radical (unpaired) electrons. The second kappa shape index (κ2) is 41.0. The summed E-state index contributed by atoms with van der Waals surface area (Å²) in [5.74, 6) is -6.06. The molecule has 0 aromatic heterocycles. The maximum absolute atomic E-state index is 14.4. The van der Waals surface area contributed by atoms with E-state index in [1.165, 1.54) is 152 Å². The van der Waals surface area contributed by atoms with Crippen molar-refractivity contribution < 1.29 is 90.2 Å². The molecule has 5 aromatic rings. The number of phenols is 1. The molecule has 3 atom stereocenters. The van der Waals surface area contributed by atoms with Crippen LogP contribution in [0.4, 0.5) is 28.4 Å². The van der Waals surface area contributed by atoms with Gasteiger partial charge in [0, 0.05) is 12.3 Å². The summed E-state index contributed by atoms with van der Waals surface area (Å²) in [5.41, 5.74) is -0.446. The minimum atomic E-state index is -4.83. The number of ether oxygens (including phenoxy) is 4. The minimum absolute atomic E-state index is 0.0131. The smallest absolute Gasteiger partial charge is 0.347 e. The minimum Gasteiger partial charge on any atom is -0.505 e. The largest absolute Gasteiger partial charge is 0.505 e. The molecule has 5 rings (SSSR count). The molecule has 508 valence electrons. The van der Waals surface area contributed by atoms with E-state index in [1.54, 1.807) is 6.07 Å². The lowest BCUT2D eigenvalue weighted by Gasteiger charge is -2.20. The van der Waals surface area contributed by atoms with Crippen LogP contribution in [-0.2, 0) is 74.1 Å². The van der Waals surface area contributed by atoms with Gasteiger partial charge in [0.15, 0.2) is 18.0 Å². The van der Waals surface area contributed by atoms with E-state index < -0.39 is 74.7 Å². The van der Waals surface area contributed by atoms with Gasteiger partial charge in [-0.25, -0.2) is 29.4 Å². The van der Waals surface area contributed by atoms with Crippen molar-refractivity contribution >= 4 is 120 Å². The van der Waals surface area contributed by atoms with E-state index in [2.05, 4.69) is 49.4 Å². The van der Waals surface area contributed by atoms with Crippen LogP contribution in [0.1, 0.15) is 179 Å². The lowest BCUT2D eigenvalue weighted by molar-refractivity contribution is -0.432. The number of anilines is 3. The highest BCUT2D eigenvalue weighted by molar-refractivity contribution is 7.94. The SMILES string of the molecule is CCCCCCCCCCCCOOC(C)C(=O)OCc1ccc(Cl)c(NC(=O)C(Oc2ccc(N=Nc3c(SOOO)cc4cc(S(=O)(=O)O)cc(NC(C)=O)c4c3O)cc2)C(=O)Nc2cc(C(=O)OC(C)C(=O)OCCCCCCCCCCCC)ccc2Cl)c1. The normalized spacial score (nSPS) is 12.5. The Hall–Kier alpha value is -6.98. The predicted octanol–water partition coefficient (Wildman–Crippen LogP) is 16.2. The van der Waals surface area contributed by atoms with Crippen molar-refractivity contribution in [3.8, 4) is 11.5 Å². The van der Waals surface area contributed by atoms with Gasteiger partial charge in [-0.1, -0.05) is 164 Å². The Bertz CT molecular complexity index is 3420. The molecule has 6 N–H and O–H groups in total. The zero-order chi connectivity index (χ0) is 67.7. The van der Waals surface area contributed by atoms with Crippen molar-refractivity contribution in [2.75, 3.05) is 29.2 Å². The van der Waals surface area contributed by atoms with E-state index >= 15 is 0 Å². The Labute approximate surface area is 556 Å². The molecular formula is C65H83Cl2N5O19S2. The van der Waals surface area contributed by atoms with E-state index in [9.17, 15) is 46.8 Å². The first-order valence-corrected chi connectivity index (χ1v) is 34.0. The quantitative estimate of drug-likeness (QED) is 0.00243. The number of hydrogen-bond acceptors (Lipinski definition) is 21. The maximum atomic E-state index is 14.4. The van der Waals surface area contributed by atoms with E-state index in [0.29, 0.717) is 30.6 Å². The number of nitrogens with zero attached hydrogens (tertiary/aromatic N) is 2. The van der Waals surface area contributed by atoms with Crippen LogP contribution in [0.25, 0.3) is 10.8 Å². The van der Waals surface area contributed by atoms with Crippen LogP contribution in [0, 0.1) is 0 Å². The number of phenolic OH excluding ortho intramolecular Hbond substituents is 1. The number of unbranched alkanes of at least 4 members (excludes halogenated alkanes) is 18. The number of azo groups is 1. The molecule has 3 amide bonds. The number of halogens is 2. The molecule has 0 spiro atoms. The zero-order valence-electron chi connectivity index (χ0n) is 52.8. The fourth-order valence-electron chi connectivity index (χ4n) is 9.34. The number of nitrogens with one attached hydrogen (secondary N) is 3. The van der Waals surface area contributed by atoms with Crippen molar-refractivity contribution in [3.63, 3.8) is 0 Å². The highest BCUT2D eigenvalue weighted by Crippen LogP contribution is 2.47. The standard InChI is InChI=1S/C65H83Cl2N5O19S2/c1-6-8-10-12-14-16-18-20-22-24-34-84-63(77)42(3)87-65(79)46-27-33-52(67)54(38-46)70-62(76)60(61(75)69-53-36-45(26-32-51(53)66)41-85-64(78)43(4)89-86-35-25-23-21-19-17-15-13-11-9-7-2)88-49-30-28-48(29-31-49)71-72-58-56(92-91-90-80)39-47-37-50(93(81,82)83)40-55(68-44(5)73)57(47)59(58)74/h26-33,36-40,42-43,60,74,80H,6-25,34-35,41H2,1-5H3,(H,68,73)(H,69,75)(H,70,76)(H,81,82,83). The highest BCUT2D eigenvalue weighted by Gasteiger charge is 2.32. The molecule has 24 nitrogen and oxygen atoms in total. The molecule has 3 unspecified atom stereocenters. The van der Waals surface area contributed by atoms with Crippen molar-refractivity contribution in [2.24, 2.45) is 10.2 Å². The Morgan fingerprint density at radius 3 is 1.74 bits per heavy atom. The Morgan fingerprint density at radius 2 is 1.17 bits per heavy atom. The molecule has 0 aliphatic carbocycles. The third-order valence-corrected chi connectivity index (χ3v) is 16.4. The summed E-state index contributed by atoms with van der Waals surface area (Å²) >= 11 is 13.4. The number of amides is 3. The summed E-state index contributed by atoms with van der Waals surface area (Å²) < 4.78 is 61.0. The van der Waals surface area contributed by atoms with Crippen molar-refractivity contribution in [2.45, 2.75) is 198 Å². The first kappa shape index (κ1) is 76.7. The second-order valence-electron chi connectivity index (χ2n) is 21.9. The number of carbonyl (C=O) groups excluding carboxylic acids is 6. The van der Waals surface area contributed by atoms with Crippen LogP contribution < -0.4 is 20.7 Å². The summed E-state index contributed by atoms with van der Waals surface area (Å²) in [7, 11) is -4.83. The lowest BCUT2D eigenvalue weighted by atomic mass is 10.1. The van der Waals surface area contributed by atoms with Crippen molar-refractivity contribution in [3.05, 3.63) is 100 Å². The Kier molecular flexibility index (Phi) is 33.8. The monoisotopic (exact) mass is 1370 g/mol. The first-order valence-electron chi connectivity index (χ1n) is 31.1. The van der Waals surface area contributed by atoms with Crippen molar-refractivity contribution in [1.82, 2.24) is 0 Å². The summed E-state index contributed by atoms with van der Waals surface area (Å²) in [6, 6.07) is 16.6. The molecule has 0 saturated heterocycles. The van der Waals surface area contributed by atoms with E-state index in [4.69, 9.17) is 57.2 Å². The van der Waals surface area contributed by atoms with Gasteiger partial charge in [-0.15, -0.1) is 9.45 Å². The molecule has 0 bridgehead atoms. The van der Waals surface area contributed by atoms with Crippen LogP contribution in [-0.4, -0.2) is 90.5 Å². The third-order valence-electron chi connectivity index (χ3n) is 14.3. The maximum Gasteiger partial charge on any atom is 0.347 e. The van der Waals surface area contributed by atoms with E-state index in [-0.39, 0.29) is 78.7 Å². The van der Waals surface area contributed by atoms with Gasteiger partial charge >= 0.3 is 17.9 Å². The number of hydrogen-bond donors (Lipinski definition) is 6. The predicted molar refractivity (Wildman–Crippen MR) is 351 cm³/mol. The fourth-order valence-corrected chi connectivity index (χ4v) is 10.7. The molecule has 93 heavy (non-hydrogen) atoms. The fraction of sp³-hybridized carbons (Fsp3) is 0.477. The van der Waals surface area contributed by atoms with Crippen molar-refractivity contribution in [1.29, 1.82) is 0 Å². The van der Waals surface area contributed by atoms with E-state index in [1.807, 2.05) is 0 Å². The zero-order valence-corrected chi connectivity index (χ0v) is 56.0. The van der Waals surface area contributed by atoms with Crippen LogP contribution in [0.3, 0.4) is 0 Å². The average molecular weight is 1370 g/mol. The van der Waals surface area contributed by atoms with Gasteiger partial charge in [-0.3, -0.25) is 18.9 Å². The highest BCUT2D eigenvalue weighted by atomic mass is 35.5. The second-order valence-corrected chi connectivity index (χ2v) is 24.9. The Morgan fingerprint density at radius 1 is 0.624 bits per heavy atom. The topological polar surface area (TPSA) is 332 Å². The van der Waals surface area contributed by atoms with Gasteiger partial charge < -0.3 is 40.0 Å². The summed E-state index contributed by atoms with van der Waals surface area (Å²) in [4.78, 5) is 89.9. The molecule has 0 aliphatic rings. The molecule has 0 saturated carbocycles. The van der Waals surface area contributed by atoms with Crippen LogP contribution in [0.2, 0.25) is 10.0 Å². The Balaban J connectivity index is 1.32. The number of esters is 3. The number of fused-ring (bicyclic) bond motifs is 1. The molecular weight excluding hydrogens is 1290 g/mol. The number of carbonyl (C=O) groups is 6. The van der Waals surface area contributed by atoms with Gasteiger partial charge in [0.1, 0.15) is 18.0 Å². The first-order chi connectivity index (χ1) is 44.6. The van der Waals surface area contributed by atoms with Crippen LogP contribution in [0.5, 0.6) is 11.5 Å². The van der Waals surface area contributed by atoms with Gasteiger partial charge in [0.05, 0.1) is 73.4 Å². The van der Waals surface area contributed by atoms with Gasteiger partial charge in [0.2, 0.25) is 5.91 Å². The number of rotatable bonds is 43. The molecule has 28 heteroatoms. The summed E-state index contributed by atoms with van der Waals surface area (Å²) in [6.07, 6.45) is 18.0. The van der Waals surface area contributed by atoms with Gasteiger partial charge in [-0.05, 0) is 110 Å². The molecule has 0 aliphatic heterocycles. The van der Waals surface area contributed by atoms with Crippen LogP contribution in [0.15, 0.2) is 98.9 Å². The van der Waals surface area contributed by atoms with Gasteiger partial charge in [0.25, 0.3) is 28.0 Å². The number of aromatic hydroxyl groups is 1. The summed E-state index contributed by atoms with van der Waals surface area (Å²) in [6.45, 7) is 8.54. The molecule has 0 heterocycles. The van der Waals surface area contributed by atoms with E-state index in [0.717, 1.165) is 64.0 Å². The summed E-state index contributed by atoms with van der Waals surface area (Å²) in [5, 5.41) is 39.8. The number of benzene rings is 5. The molecule has 0 fully saturated rings. The average Bonchev–Trinajstić information content (AvgIpc) is 0.771. The molecule has 5 aromatic carbocycles. The van der Waals surface area contributed by atoms with Gasteiger partial charge in [-0.2, -0.15) is 13.5 Å².